The molecule has 0 aliphatic carbocycles. The van der Waals surface area contributed by atoms with E-state index in [2.05, 4.69) is 21.1 Å². The van der Waals surface area contributed by atoms with Gasteiger partial charge in [-0.3, -0.25) is 9.59 Å². The topological polar surface area (TPSA) is 59.0 Å². The second kappa shape index (κ2) is 5.77. The second-order valence-corrected chi connectivity index (χ2v) is 6.91. The second-order valence-electron chi connectivity index (χ2n) is 5.99. The summed E-state index contributed by atoms with van der Waals surface area (Å²) in [6.45, 7) is -0.00267. The molecule has 0 unspecified atom stereocenters. The van der Waals surface area contributed by atoms with Crippen molar-refractivity contribution >= 4 is 39.1 Å². The number of hydrogen-bond acceptors (Lipinski definition) is 4. The molecule has 2 aromatic rings. The largest absolute Gasteiger partial charge is 0.394 e. The predicted molar refractivity (Wildman–Crippen MR) is 92.6 cm³/mol. The molecule has 0 N–H and O–H groups in total. The van der Waals surface area contributed by atoms with Crippen molar-refractivity contribution in [2.24, 2.45) is 10.6 Å². The highest BCUT2D eigenvalue weighted by atomic mass is 79.9. The first kappa shape index (κ1) is 16.0. The number of benzene rings is 2. The summed E-state index contributed by atoms with van der Waals surface area (Å²) >= 11 is 3.33. The molecule has 25 heavy (non-hydrogen) atoms. The van der Waals surface area contributed by atoms with Gasteiger partial charge in [-0.25, -0.2) is 9.29 Å². The van der Waals surface area contributed by atoms with Crippen molar-refractivity contribution in [3.63, 3.8) is 0 Å². The first-order valence-corrected chi connectivity index (χ1v) is 8.40. The third kappa shape index (κ3) is 2.46. The minimum Gasteiger partial charge on any atom is -0.394 e. The van der Waals surface area contributed by atoms with Gasteiger partial charge >= 0.3 is 0 Å². The van der Waals surface area contributed by atoms with Crippen molar-refractivity contribution in [3.05, 3.63) is 64.4 Å². The average molecular weight is 403 g/mol. The van der Waals surface area contributed by atoms with E-state index in [0.717, 1.165) is 4.47 Å². The van der Waals surface area contributed by atoms with Crippen LogP contribution in [0.2, 0.25) is 0 Å². The molecule has 1 saturated heterocycles. The molecule has 1 fully saturated rings. The summed E-state index contributed by atoms with van der Waals surface area (Å²) in [5.41, 5.74) is 0.269. The van der Waals surface area contributed by atoms with E-state index in [1.54, 1.807) is 24.3 Å². The fraction of sp³-hybridized carbons (Fsp3) is 0.167. The molecule has 1 atom stereocenters. The van der Waals surface area contributed by atoms with Gasteiger partial charge in [0.25, 0.3) is 0 Å². The molecule has 0 bridgehead atoms. The van der Waals surface area contributed by atoms with Crippen LogP contribution in [0.5, 0.6) is 0 Å². The molecule has 0 aromatic heterocycles. The van der Waals surface area contributed by atoms with E-state index < -0.39 is 5.41 Å². The Hall–Kier alpha value is -2.54. The van der Waals surface area contributed by atoms with Gasteiger partial charge in [-0.2, -0.15) is 0 Å². The Bertz CT molecular complexity index is 896. The minimum absolute atomic E-state index is 0.00267. The van der Waals surface area contributed by atoms with Crippen LogP contribution in [0, 0.1) is 11.2 Å². The van der Waals surface area contributed by atoms with E-state index in [-0.39, 0.29) is 30.7 Å². The molecule has 2 aromatic carbocycles. The van der Waals surface area contributed by atoms with Crippen molar-refractivity contribution in [3.8, 4) is 0 Å². The van der Waals surface area contributed by atoms with Gasteiger partial charge in [0, 0.05) is 10.0 Å². The maximum atomic E-state index is 13.2. The number of imide groups is 1. The highest BCUT2D eigenvalue weighted by Crippen LogP contribution is 2.42. The Morgan fingerprint density at radius 1 is 1.08 bits per heavy atom. The molecule has 1 spiro atoms. The molecule has 2 heterocycles. The zero-order valence-corrected chi connectivity index (χ0v) is 14.5. The zero-order valence-electron chi connectivity index (χ0n) is 12.9. The van der Waals surface area contributed by atoms with E-state index in [4.69, 9.17) is 4.84 Å². The number of nitrogens with zero attached hydrogens (tertiary/aromatic N) is 2. The molecular weight excluding hydrogens is 391 g/mol. The number of carbonyl (C=O) groups excluding carboxylic acids is 2. The molecule has 2 aliphatic heterocycles. The Morgan fingerprint density at radius 2 is 1.76 bits per heavy atom. The highest BCUT2D eigenvalue weighted by molar-refractivity contribution is 9.10. The van der Waals surface area contributed by atoms with Crippen molar-refractivity contribution in [1.29, 1.82) is 0 Å². The summed E-state index contributed by atoms with van der Waals surface area (Å²) in [6, 6.07) is 12.6. The summed E-state index contributed by atoms with van der Waals surface area (Å²) < 4.78 is 14.0. The van der Waals surface area contributed by atoms with Crippen molar-refractivity contribution in [2.45, 2.75) is 6.42 Å². The Morgan fingerprint density at radius 3 is 2.44 bits per heavy atom. The van der Waals surface area contributed by atoms with E-state index in [1.807, 2.05) is 0 Å². The van der Waals surface area contributed by atoms with Crippen LogP contribution in [0.1, 0.15) is 12.0 Å². The summed E-state index contributed by atoms with van der Waals surface area (Å²) in [5, 5.41) is 3.98. The number of oxime groups is 1. The van der Waals surface area contributed by atoms with Gasteiger partial charge < -0.3 is 4.84 Å². The zero-order chi connectivity index (χ0) is 17.6. The van der Waals surface area contributed by atoms with Gasteiger partial charge in [0.15, 0.2) is 0 Å². The van der Waals surface area contributed by atoms with Crippen LogP contribution in [0.4, 0.5) is 10.1 Å². The Kier molecular flexibility index (Phi) is 3.68. The Labute approximate surface area is 151 Å². The fourth-order valence-corrected chi connectivity index (χ4v) is 3.45. The molecule has 0 radical (unpaired) electrons. The van der Waals surface area contributed by atoms with Crippen molar-refractivity contribution in [1.82, 2.24) is 0 Å². The van der Waals surface area contributed by atoms with Crippen LogP contribution in [-0.4, -0.2) is 24.1 Å². The maximum absolute atomic E-state index is 13.2. The van der Waals surface area contributed by atoms with Crippen LogP contribution in [0.3, 0.4) is 0 Å². The maximum Gasteiger partial charge on any atom is 0.250 e. The minimum atomic E-state index is -1.16. The summed E-state index contributed by atoms with van der Waals surface area (Å²) in [4.78, 5) is 32.1. The SMILES string of the molecule is O=C1C[C@@]2(CON=C2c2ccc(F)cc2)C(=O)N1c1ccc(Br)cc1. The lowest BCUT2D eigenvalue weighted by Crippen LogP contribution is -2.41. The van der Waals surface area contributed by atoms with Gasteiger partial charge in [0.2, 0.25) is 11.8 Å². The fourth-order valence-electron chi connectivity index (χ4n) is 3.19. The molecule has 7 heteroatoms. The number of hydrogen-bond donors (Lipinski definition) is 0. The van der Waals surface area contributed by atoms with Crippen LogP contribution in [0.15, 0.2) is 58.2 Å². The van der Waals surface area contributed by atoms with Crippen LogP contribution in [0.25, 0.3) is 0 Å². The first-order chi connectivity index (χ1) is 12.0. The van der Waals surface area contributed by atoms with Crippen molar-refractivity contribution < 1.29 is 18.8 Å². The number of rotatable bonds is 2. The standard InChI is InChI=1S/C18H12BrFN2O3/c19-12-3-7-14(8-4-12)22-15(23)9-18(17(22)24)10-25-21-16(18)11-1-5-13(20)6-2-11/h1-8H,9-10H2/t18-/m0/s1. The van der Waals surface area contributed by atoms with Crippen molar-refractivity contribution in [2.75, 3.05) is 11.5 Å². The summed E-state index contributed by atoms with van der Waals surface area (Å²) in [7, 11) is 0. The molecule has 2 aliphatic rings. The highest BCUT2D eigenvalue weighted by Gasteiger charge is 2.59. The molecule has 2 amide bonds. The monoisotopic (exact) mass is 402 g/mol. The lowest BCUT2D eigenvalue weighted by molar-refractivity contribution is -0.124. The third-order valence-electron chi connectivity index (χ3n) is 4.44. The number of anilines is 1. The summed E-state index contributed by atoms with van der Waals surface area (Å²) in [5.74, 6) is -1.07. The Balaban J connectivity index is 1.74. The van der Waals surface area contributed by atoms with E-state index in [0.29, 0.717) is 17.0 Å². The molecule has 4 rings (SSSR count). The number of halogens is 2. The predicted octanol–water partition coefficient (Wildman–Crippen LogP) is 3.27. The molecule has 0 saturated carbocycles. The normalized spacial score (nSPS) is 22.5. The molecule has 5 nitrogen and oxygen atoms in total. The van der Waals surface area contributed by atoms with Gasteiger partial charge in [-0.15, -0.1) is 0 Å². The first-order valence-electron chi connectivity index (χ1n) is 7.61. The van der Waals surface area contributed by atoms with Gasteiger partial charge in [-0.1, -0.05) is 33.2 Å². The van der Waals surface area contributed by atoms with E-state index in [9.17, 15) is 14.0 Å². The smallest absolute Gasteiger partial charge is 0.250 e. The van der Waals surface area contributed by atoms with Gasteiger partial charge in [0.05, 0.1) is 12.1 Å². The van der Waals surface area contributed by atoms with Gasteiger partial charge in [-0.05, 0) is 36.4 Å². The van der Waals surface area contributed by atoms with E-state index >= 15 is 0 Å². The molecular formula is C18H12BrFN2O3. The lowest BCUT2D eigenvalue weighted by atomic mass is 9.79. The quantitative estimate of drug-likeness (QED) is 0.724. The molecule has 126 valence electrons. The average Bonchev–Trinajstić information content (AvgIpc) is 3.12. The number of carbonyl (C=O) groups is 2. The van der Waals surface area contributed by atoms with E-state index in [1.165, 1.54) is 29.2 Å². The third-order valence-corrected chi connectivity index (χ3v) is 4.97. The van der Waals surface area contributed by atoms with Gasteiger partial charge in [0.1, 0.15) is 23.6 Å². The van der Waals surface area contributed by atoms with Crippen LogP contribution in [-0.2, 0) is 14.4 Å². The summed E-state index contributed by atoms with van der Waals surface area (Å²) in [6.07, 6.45) is -0.0297. The van der Waals surface area contributed by atoms with Crippen LogP contribution < -0.4 is 4.90 Å². The lowest BCUT2D eigenvalue weighted by Gasteiger charge is -2.21. The van der Waals surface area contributed by atoms with Crippen LogP contribution >= 0.6 is 15.9 Å². The number of amides is 2.